The summed E-state index contributed by atoms with van der Waals surface area (Å²) < 4.78 is 0. The quantitative estimate of drug-likeness (QED) is 0.872. The van der Waals surface area contributed by atoms with Crippen molar-refractivity contribution in [2.45, 2.75) is 50.9 Å². The molecular weight excluding hydrogens is 240 g/mol. The number of thiazole rings is 1. The third-order valence-corrected chi connectivity index (χ3v) is 6.54. The average molecular weight is 262 g/mol. The minimum atomic E-state index is 0.463. The van der Waals surface area contributed by atoms with Crippen molar-refractivity contribution in [3.8, 4) is 0 Å². The van der Waals surface area contributed by atoms with E-state index in [0.29, 0.717) is 5.41 Å². The molecule has 0 amide bonds. The highest BCUT2D eigenvalue weighted by Gasteiger charge is 2.53. The molecule has 4 bridgehead atoms. The van der Waals surface area contributed by atoms with Gasteiger partial charge in [0.1, 0.15) is 0 Å². The molecule has 1 heterocycles. The van der Waals surface area contributed by atoms with Gasteiger partial charge >= 0.3 is 0 Å². The molecule has 2 nitrogen and oxygen atoms in total. The third kappa shape index (κ3) is 1.49. The van der Waals surface area contributed by atoms with Crippen molar-refractivity contribution in [1.82, 2.24) is 4.98 Å². The number of rotatable bonds is 2. The summed E-state index contributed by atoms with van der Waals surface area (Å²) >= 11 is 1.84. The number of nitrogens with one attached hydrogen (secondary N) is 1. The Morgan fingerprint density at radius 3 is 2.11 bits per heavy atom. The van der Waals surface area contributed by atoms with Crippen LogP contribution in [0.3, 0.4) is 0 Å². The van der Waals surface area contributed by atoms with Gasteiger partial charge in [-0.2, -0.15) is 0 Å². The van der Waals surface area contributed by atoms with E-state index >= 15 is 0 Å². The number of hydrogen-bond donors (Lipinski definition) is 1. The van der Waals surface area contributed by atoms with Crippen molar-refractivity contribution >= 4 is 16.5 Å². The first kappa shape index (κ1) is 11.3. The van der Waals surface area contributed by atoms with E-state index < -0.39 is 0 Å². The van der Waals surface area contributed by atoms with Crippen molar-refractivity contribution in [1.29, 1.82) is 0 Å². The second-order valence-corrected chi connectivity index (χ2v) is 8.07. The second kappa shape index (κ2) is 3.72. The Morgan fingerprint density at radius 1 is 1.11 bits per heavy atom. The van der Waals surface area contributed by atoms with E-state index in [-0.39, 0.29) is 0 Å². The maximum Gasteiger partial charge on any atom is 0.182 e. The molecule has 0 aromatic carbocycles. The summed E-state index contributed by atoms with van der Waals surface area (Å²) in [5.74, 6) is 3.03. The van der Waals surface area contributed by atoms with E-state index in [1.54, 1.807) is 0 Å². The predicted molar refractivity (Wildman–Crippen MR) is 76.2 cm³/mol. The fourth-order valence-corrected chi connectivity index (χ4v) is 6.28. The van der Waals surface area contributed by atoms with E-state index in [1.807, 2.05) is 18.4 Å². The highest BCUT2D eigenvalue weighted by molar-refractivity contribution is 7.15. The topological polar surface area (TPSA) is 24.9 Å². The van der Waals surface area contributed by atoms with Crippen molar-refractivity contribution in [3.63, 3.8) is 0 Å². The Kier molecular flexibility index (Phi) is 2.33. The van der Waals surface area contributed by atoms with Gasteiger partial charge in [0, 0.05) is 17.3 Å². The van der Waals surface area contributed by atoms with E-state index in [4.69, 9.17) is 4.98 Å². The molecule has 4 aliphatic carbocycles. The van der Waals surface area contributed by atoms with Crippen molar-refractivity contribution in [3.05, 3.63) is 10.6 Å². The lowest BCUT2D eigenvalue weighted by Gasteiger charge is -2.56. The van der Waals surface area contributed by atoms with Crippen LogP contribution in [0.2, 0.25) is 0 Å². The molecule has 4 saturated carbocycles. The van der Waals surface area contributed by atoms with Crippen LogP contribution >= 0.6 is 11.3 Å². The normalized spacial score (nSPS) is 41.3. The molecular formula is C15H22N2S. The van der Waals surface area contributed by atoms with Gasteiger partial charge in [-0.15, -0.1) is 11.3 Å². The summed E-state index contributed by atoms with van der Waals surface area (Å²) in [4.78, 5) is 6.39. The molecule has 0 atom stereocenters. The molecule has 0 spiro atoms. The number of anilines is 1. The molecule has 0 radical (unpaired) electrons. The molecule has 0 saturated heterocycles. The summed E-state index contributed by atoms with van der Waals surface area (Å²) in [7, 11) is 1.99. The predicted octanol–water partition coefficient (Wildman–Crippen LogP) is 3.96. The largest absolute Gasteiger partial charge is 0.365 e. The number of nitrogens with zero attached hydrogens (tertiary/aromatic N) is 1. The van der Waals surface area contributed by atoms with Gasteiger partial charge in [-0.1, -0.05) is 0 Å². The van der Waals surface area contributed by atoms with E-state index in [2.05, 4.69) is 12.2 Å². The summed E-state index contributed by atoms with van der Waals surface area (Å²) in [5.41, 5.74) is 1.92. The zero-order chi connectivity index (χ0) is 12.3. The SMILES string of the molecule is CNc1nc(C23CC4CC(CC(C4)C2)C3)c(C)s1. The van der Waals surface area contributed by atoms with Crippen molar-refractivity contribution in [2.24, 2.45) is 17.8 Å². The van der Waals surface area contributed by atoms with Gasteiger partial charge in [0.25, 0.3) is 0 Å². The minimum Gasteiger partial charge on any atom is -0.365 e. The zero-order valence-electron chi connectivity index (χ0n) is 11.3. The molecule has 0 unspecified atom stereocenters. The maximum atomic E-state index is 4.93. The lowest BCUT2D eigenvalue weighted by atomic mass is 9.48. The molecule has 1 N–H and O–H groups in total. The van der Waals surface area contributed by atoms with Gasteiger partial charge < -0.3 is 5.32 Å². The van der Waals surface area contributed by atoms with E-state index in [0.717, 1.165) is 22.9 Å². The first-order valence-corrected chi connectivity index (χ1v) is 8.16. The summed E-state index contributed by atoms with van der Waals surface area (Å²) in [6, 6.07) is 0. The molecule has 1 aromatic heterocycles. The minimum absolute atomic E-state index is 0.463. The van der Waals surface area contributed by atoms with Crippen LogP contribution in [-0.4, -0.2) is 12.0 Å². The molecule has 3 heteroatoms. The van der Waals surface area contributed by atoms with Crippen LogP contribution < -0.4 is 5.32 Å². The highest BCUT2D eigenvalue weighted by Crippen LogP contribution is 2.61. The average Bonchev–Trinajstić information content (AvgIpc) is 2.69. The summed E-state index contributed by atoms with van der Waals surface area (Å²) in [6.45, 7) is 2.27. The highest BCUT2D eigenvalue weighted by atomic mass is 32.1. The molecule has 1 aromatic rings. The smallest absolute Gasteiger partial charge is 0.182 e. The van der Waals surface area contributed by atoms with Crippen molar-refractivity contribution < 1.29 is 0 Å². The Balaban J connectivity index is 1.76. The zero-order valence-corrected chi connectivity index (χ0v) is 12.1. The first-order valence-electron chi connectivity index (χ1n) is 7.34. The van der Waals surface area contributed by atoms with Gasteiger partial charge in [0.2, 0.25) is 0 Å². The van der Waals surface area contributed by atoms with E-state index in [9.17, 15) is 0 Å². The molecule has 0 aliphatic heterocycles. The van der Waals surface area contributed by atoms with Crippen LogP contribution in [-0.2, 0) is 5.41 Å². The van der Waals surface area contributed by atoms with Gasteiger partial charge in [-0.3, -0.25) is 0 Å². The Labute approximate surface area is 113 Å². The van der Waals surface area contributed by atoms with Crippen LogP contribution in [0.25, 0.3) is 0 Å². The maximum absolute atomic E-state index is 4.93. The lowest BCUT2D eigenvalue weighted by Crippen LogP contribution is -2.49. The molecule has 4 fully saturated rings. The molecule has 5 rings (SSSR count). The monoisotopic (exact) mass is 262 g/mol. The van der Waals surface area contributed by atoms with Gasteiger partial charge in [-0.25, -0.2) is 4.98 Å². The number of aromatic nitrogens is 1. The Bertz CT molecular complexity index is 442. The summed E-state index contributed by atoms with van der Waals surface area (Å²) in [6.07, 6.45) is 8.82. The van der Waals surface area contributed by atoms with Crippen LogP contribution in [0.4, 0.5) is 5.13 Å². The first-order chi connectivity index (χ1) is 8.68. The van der Waals surface area contributed by atoms with Gasteiger partial charge in [-0.05, 0) is 63.2 Å². The van der Waals surface area contributed by atoms with E-state index in [1.165, 1.54) is 49.1 Å². The molecule has 4 aliphatic rings. The fraction of sp³-hybridized carbons (Fsp3) is 0.800. The summed E-state index contributed by atoms with van der Waals surface area (Å²) in [5, 5.41) is 4.34. The lowest BCUT2D eigenvalue weighted by molar-refractivity contribution is -0.00714. The second-order valence-electron chi connectivity index (χ2n) is 6.87. The number of hydrogen-bond acceptors (Lipinski definition) is 3. The molecule has 18 heavy (non-hydrogen) atoms. The fourth-order valence-electron chi connectivity index (χ4n) is 5.40. The van der Waals surface area contributed by atoms with Crippen LogP contribution in [0, 0.1) is 24.7 Å². The number of aryl methyl sites for hydroxylation is 1. The standard InChI is InChI=1S/C15H22N2S/c1-9-13(17-14(16-2)18-9)15-6-10-3-11(7-15)5-12(4-10)8-15/h10-12H,3-8H2,1-2H3,(H,16,17). The van der Waals surface area contributed by atoms with Crippen LogP contribution in [0.5, 0.6) is 0 Å². The Morgan fingerprint density at radius 2 is 1.67 bits per heavy atom. The van der Waals surface area contributed by atoms with Crippen LogP contribution in [0.1, 0.15) is 49.1 Å². The van der Waals surface area contributed by atoms with Crippen LogP contribution in [0.15, 0.2) is 0 Å². The van der Waals surface area contributed by atoms with Gasteiger partial charge in [0.15, 0.2) is 5.13 Å². The van der Waals surface area contributed by atoms with Gasteiger partial charge in [0.05, 0.1) is 5.69 Å². The third-order valence-electron chi connectivity index (χ3n) is 5.55. The Hall–Kier alpha value is -0.570. The molecule has 98 valence electrons. The van der Waals surface area contributed by atoms with Crippen molar-refractivity contribution in [2.75, 3.05) is 12.4 Å².